The lowest BCUT2D eigenvalue weighted by molar-refractivity contribution is 0.306. The third-order valence-corrected chi connectivity index (χ3v) is 4.27. The summed E-state index contributed by atoms with van der Waals surface area (Å²) in [6, 6.07) is -0.0414. The van der Waals surface area contributed by atoms with Crippen molar-refractivity contribution in [2.24, 2.45) is 11.8 Å². The van der Waals surface area contributed by atoms with Crippen LogP contribution in [0.25, 0.3) is 0 Å². The molecule has 0 aliphatic heterocycles. The molecule has 3 N–H and O–H groups in total. The van der Waals surface area contributed by atoms with E-state index in [0.29, 0.717) is 11.8 Å². The second-order valence-electron chi connectivity index (χ2n) is 5.61. The molecule has 1 aromatic heterocycles. The number of ether oxygens (including phenoxy) is 2. The van der Waals surface area contributed by atoms with E-state index in [4.69, 9.17) is 15.3 Å². The first-order valence-electron chi connectivity index (χ1n) is 7.69. The van der Waals surface area contributed by atoms with Crippen LogP contribution in [0.15, 0.2) is 6.20 Å². The van der Waals surface area contributed by atoms with Crippen molar-refractivity contribution in [3.8, 4) is 11.8 Å². The number of hydrazine groups is 1. The summed E-state index contributed by atoms with van der Waals surface area (Å²) in [6.07, 6.45) is 10.5. The summed E-state index contributed by atoms with van der Waals surface area (Å²) in [5.74, 6) is 7.44. The molecule has 1 atom stereocenters. The number of aromatic nitrogens is 2. The summed E-state index contributed by atoms with van der Waals surface area (Å²) in [5, 5.41) is 0. The van der Waals surface area contributed by atoms with Crippen LogP contribution in [-0.4, -0.2) is 24.2 Å². The normalized spacial score (nSPS) is 17.5. The first-order valence-corrected chi connectivity index (χ1v) is 7.69. The number of nitrogens with zero attached hydrogens (tertiary/aromatic N) is 2. The topological polar surface area (TPSA) is 82.3 Å². The predicted octanol–water partition coefficient (Wildman–Crippen LogP) is 2.36. The Bertz CT molecular complexity index is 436. The summed E-state index contributed by atoms with van der Waals surface area (Å²) in [5.41, 5.74) is 3.59. The summed E-state index contributed by atoms with van der Waals surface area (Å²) in [6.45, 7) is 0. The highest BCUT2D eigenvalue weighted by Crippen LogP contribution is 2.31. The number of hydrogen-bond acceptors (Lipinski definition) is 6. The van der Waals surface area contributed by atoms with Gasteiger partial charge in [0.2, 0.25) is 11.8 Å². The monoisotopic (exact) mass is 294 g/mol. The van der Waals surface area contributed by atoms with Gasteiger partial charge in [-0.1, -0.05) is 32.1 Å². The Balaban J connectivity index is 2.02. The average molecular weight is 294 g/mol. The van der Waals surface area contributed by atoms with Gasteiger partial charge < -0.3 is 9.47 Å². The van der Waals surface area contributed by atoms with Crippen molar-refractivity contribution in [2.45, 2.75) is 51.0 Å². The first kappa shape index (κ1) is 16.0. The van der Waals surface area contributed by atoms with Gasteiger partial charge in [-0.15, -0.1) is 0 Å². The van der Waals surface area contributed by atoms with Gasteiger partial charge in [0, 0.05) is 0 Å². The highest BCUT2D eigenvalue weighted by atomic mass is 16.5. The van der Waals surface area contributed by atoms with Crippen LogP contribution in [0.3, 0.4) is 0 Å². The van der Waals surface area contributed by atoms with Gasteiger partial charge >= 0.3 is 0 Å². The van der Waals surface area contributed by atoms with E-state index in [-0.39, 0.29) is 6.04 Å². The second kappa shape index (κ2) is 8.14. The largest absolute Gasteiger partial charge is 0.480 e. The molecule has 0 aromatic carbocycles. The van der Waals surface area contributed by atoms with Crippen molar-refractivity contribution < 1.29 is 9.47 Å². The van der Waals surface area contributed by atoms with E-state index in [1.54, 1.807) is 20.4 Å². The van der Waals surface area contributed by atoms with E-state index >= 15 is 0 Å². The van der Waals surface area contributed by atoms with Gasteiger partial charge in [0.1, 0.15) is 5.69 Å². The zero-order valence-corrected chi connectivity index (χ0v) is 13.0. The predicted molar refractivity (Wildman–Crippen MR) is 81.0 cm³/mol. The lowest BCUT2D eigenvalue weighted by Gasteiger charge is -2.24. The molecule has 6 heteroatoms. The quantitative estimate of drug-likeness (QED) is 0.593. The van der Waals surface area contributed by atoms with E-state index in [1.807, 2.05) is 0 Å². The van der Waals surface area contributed by atoms with Crippen LogP contribution in [0.1, 0.15) is 56.7 Å². The molecule has 21 heavy (non-hydrogen) atoms. The minimum atomic E-state index is -0.0414. The van der Waals surface area contributed by atoms with Crippen LogP contribution in [-0.2, 0) is 0 Å². The molecule has 0 bridgehead atoms. The lowest BCUT2D eigenvalue weighted by Crippen LogP contribution is -2.30. The molecule has 1 heterocycles. The van der Waals surface area contributed by atoms with Crippen molar-refractivity contribution in [1.29, 1.82) is 0 Å². The molecule has 1 aromatic rings. The number of methoxy groups -OCH3 is 2. The second-order valence-corrected chi connectivity index (χ2v) is 5.61. The number of nitrogens with two attached hydrogens (primary N) is 1. The fourth-order valence-corrected chi connectivity index (χ4v) is 3.03. The molecule has 1 fully saturated rings. The summed E-state index contributed by atoms with van der Waals surface area (Å²) in [4.78, 5) is 8.67. The Kier molecular flexibility index (Phi) is 6.20. The van der Waals surface area contributed by atoms with Gasteiger partial charge in [-0.2, -0.15) is 4.98 Å². The Morgan fingerprint density at radius 2 is 2.05 bits per heavy atom. The molecule has 6 nitrogen and oxygen atoms in total. The molecule has 118 valence electrons. The first-order chi connectivity index (χ1) is 10.3. The van der Waals surface area contributed by atoms with Gasteiger partial charge in [0.25, 0.3) is 0 Å². The van der Waals surface area contributed by atoms with Crippen molar-refractivity contribution in [1.82, 2.24) is 15.4 Å². The molecule has 0 radical (unpaired) electrons. The molecular weight excluding hydrogens is 268 g/mol. The van der Waals surface area contributed by atoms with Gasteiger partial charge in [-0.05, 0) is 18.8 Å². The van der Waals surface area contributed by atoms with Crippen molar-refractivity contribution in [3.63, 3.8) is 0 Å². The van der Waals surface area contributed by atoms with E-state index in [1.165, 1.54) is 32.1 Å². The van der Waals surface area contributed by atoms with Crippen molar-refractivity contribution in [2.75, 3.05) is 14.2 Å². The zero-order valence-electron chi connectivity index (χ0n) is 13.0. The number of nitrogens with one attached hydrogen (secondary N) is 1. The van der Waals surface area contributed by atoms with Crippen LogP contribution in [0.4, 0.5) is 0 Å². The fraction of sp³-hybridized carbons (Fsp3) is 0.733. The molecule has 1 saturated carbocycles. The molecule has 0 saturated heterocycles. The summed E-state index contributed by atoms with van der Waals surface area (Å²) in [7, 11) is 3.15. The SMILES string of the molecule is COc1cnc(C(CCC2CCCCC2)NN)c(OC)n1. The molecule has 0 amide bonds. The van der Waals surface area contributed by atoms with E-state index < -0.39 is 0 Å². The maximum Gasteiger partial charge on any atom is 0.240 e. The molecular formula is C15H26N4O2. The summed E-state index contributed by atoms with van der Waals surface area (Å²) >= 11 is 0. The van der Waals surface area contributed by atoms with Gasteiger partial charge in [-0.3, -0.25) is 11.3 Å². The molecule has 1 aliphatic carbocycles. The highest BCUT2D eigenvalue weighted by molar-refractivity contribution is 5.25. The third kappa shape index (κ3) is 4.28. The van der Waals surface area contributed by atoms with Crippen molar-refractivity contribution >= 4 is 0 Å². The number of hydrogen-bond donors (Lipinski definition) is 2. The Labute approximate surface area is 126 Å². The Hall–Kier alpha value is -1.40. The van der Waals surface area contributed by atoms with Crippen LogP contribution < -0.4 is 20.7 Å². The summed E-state index contributed by atoms with van der Waals surface area (Å²) < 4.78 is 10.4. The van der Waals surface area contributed by atoms with Crippen LogP contribution >= 0.6 is 0 Å². The molecule has 1 aliphatic rings. The van der Waals surface area contributed by atoms with E-state index in [0.717, 1.165) is 24.5 Å². The van der Waals surface area contributed by atoms with Crippen LogP contribution in [0.5, 0.6) is 11.8 Å². The minimum Gasteiger partial charge on any atom is -0.480 e. The smallest absolute Gasteiger partial charge is 0.240 e. The van der Waals surface area contributed by atoms with Gasteiger partial charge in [0.15, 0.2) is 0 Å². The zero-order chi connectivity index (χ0) is 15.1. The lowest BCUT2D eigenvalue weighted by atomic mass is 9.85. The standard InChI is InChI=1S/C15H26N4O2/c1-20-13-10-17-14(15(18-13)21-2)12(19-16)9-8-11-6-4-3-5-7-11/h10-12,19H,3-9,16H2,1-2H3. The maximum atomic E-state index is 5.71. The van der Waals surface area contributed by atoms with Crippen molar-refractivity contribution in [3.05, 3.63) is 11.9 Å². The van der Waals surface area contributed by atoms with Gasteiger partial charge in [-0.25, -0.2) is 4.98 Å². The van der Waals surface area contributed by atoms with E-state index in [9.17, 15) is 0 Å². The van der Waals surface area contributed by atoms with Gasteiger partial charge in [0.05, 0.1) is 26.5 Å². The number of rotatable bonds is 7. The molecule has 2 rings (SSSR count). The Morgan fingerprint density at radius 3 is 2.67 bits per heavy atom. The minimum absolute atomic E-state index is 0.0414. The molecule has 0 spiro atoms. The van der Waals surface area contributed by atoms with E-state index in [2.05, 4.69) is 15.4 Å². The highest BCUT2D eigenvalue weighted by Gasteiger charge is 2.21. The molecule has 1 unspecified atom stereocenters. The third-order valence-electron chi connectivity index (χ3n) is 4.27. The average Bonchev–Trinajstić information content (AvgIpc) is 2.56. The fourth-order valence-electron chi connectivity index (χ4n) is 3.03. The Morgan fingerprint density at radius 1 is 1.29 bits per heavy atom. The van der Waals surface area contributed by atoms with Crippen LogP contribution in [0.2, 0.25) is 0 Å². The maximum absolute atomic E-state index is 5.71. The van der Waals surface area contributed by atoms with Crippen LogP contribution in [0, 0.1) is 5.92 Å².